The Kier molecular flexibility index (Phi) is 4.66. The van der Waals surface area contributed by atoms with Crippen molar-refractivity contribution in [3.63, 3.8) is 0 Å². The van der Waals surface area contributed by atoms with E-state index >= 15 is 0 Å². The van der Waals surface area contributed by atoms with Crippen molar-refractivity contribution in [3.8, 4) is 11.4 Å². The first kappa shape index (κ1) is 20.4. The van der Waals surface area contributed by atoms with Gasteiger partial charge in [0.2, 0.25) is 0 Å². The van der Waals surface area contributed by atoms with Crippen LogP contribution < -0.4 is 5.32 Å². The molecule has 1 unspecified atom stereocenters. The zero-order valence-electron chi connectivity index (χ0n) is 20.2. The SMILES string of the molecule is Cc1cnn(C)c1-c1ccc(NC2C[C@@H]3CN(CC45CC6CC(CC(C6)C4)C5)C[C@@H]3C2)nn1. The number of aryl methyl sites for hydroxylation is 2. The molecule has 6 heteroatoms. The van der Waals surface area contributed by atoms with Crippen LogP contribution in [0.5, 0.6) is 0 Å². The minimum absolute atomic E-state index is 0.542. The van der Waals surface area contributed by atoms with Gasteiger partial charge in [-0.2, -0.15) is 5.10 Å². The Hall–Kier alpha value is -1.95. The second-order valence-electron chi connectivity index (χ2n) is 12.5. The molecular weight excluding hydrogens is 408 g/mol. The van der Waals surface area contributed by atoms with Gasteiger partial charge in [-0.25, -0.2) is 0 Å². The smallest absolute Gasteiger partial charge is 0.148 e. The van der Waals surface area contributed by atoms with E-state index < -0.39 is 0 Å². The van der Waals surface area contributed by atoms with Crippen LogP contribution in [-0.2, 0) is 7.05 Å². The van der Waals surface area contributed by atoms with E-state index in [1.807, 2.05) is 17.9 Å². The first-order valence-electron chi connectivity index (χ1n) is 13.3. The number of hydrogen-bond acceptors (Lipinski definition) is 5. The Morgan fingerprint density at radius 3 is 2.15 bits per heavy atom. The van der Waals surface area contributed by atoms with Crippen molar-refractivity contribution in [2.24, 2.45) is 42.1 Å². The average Bonchev–Trinajstić information content (AvgIpc) is 3.40. The molecule has 6 nitrogen and oxygen atoms in total. The highest BCUT2D eigenvalue weighted by Crippen LogP contribution is 2.60. The molecule has 0 radical (unpaired) electrons. The third-order valence-corrected chi connectivity index (χ3v) is 9.93. The maximum Gasteiger partial charge on any atom is 0.148 e. The van der Waals surface area contributed by atoms with Crippen LogP contribution in [0.2, 0.25) is 0 Å². The molecular formula is C27H38N6. The van der Waals surface area contributed by atoms with Crippen LogP contribution in [-0.4, -0.2) is 50.6 Å². The van der Waals surface area contributed by atoms with Gasteiger partial charge in [-0.05, 0) is 111 Å². The van der Waals surface area contributed by atoms with Crippen molar-refractivity contribution >= 4 is 5.82 Å². The van der Waals surface area contributed by atoms with E-state index in [4.69, 9.17) is 0 Å². The van der Waals surface area contributed by atoms with Crippen molar-refractivity contribution in [3.05, 3.63) is 23.9 Å². The average molecular weight is 447 g/mol. The van der Waals surface area contributed by atoms with Crippen LogP contribution in [0.3, 0.4) is 0 Å². The molecule has 1 aliphatic heterocycles. The molecule has 5 aliphatic carbocycles. The Labute approximate surface area is 197 Å². The molecule has 176 valence electrons. The van der Waals surface area contributed by atoms with Gasteiger partial charge in [0, 0.05) is 32.7 Å². The number of hydrogen-bond donors (Lipinski definition) is 1. The molecule has 1 saturated heterocycles. The molecule has 3 atom stereocenters. The minimum Gasteiger partial charge on any atom is -0.366 e. The summed E-state index contributed by atoms with van der Waals surface area (Å²) < 4.78 is 1.87. The predicted molar refractivity (Wildman–Crippen MR) is 130 cm³/mol. The van der Waals surface area contributed by atoms with E-state index in [-0.39, 0.29) is 0 Å². The summed E-state index contributed by atoms with van der Waals surface area (Å²) in [4.78, 5) is 2.88. The lowest BCUT2D eigenvalue weighted by molar-refractivity contribution is -0.0672. The third-order valence-electron chi connectivity index (χ3n) is 9.93. The first-order valence-corrected chi connectivity index (χ1v) is 13.3. The molecule has 2 aromatic rings. The summed E-state index contributed by atoms with van der Waals surface area (Å²) in [5.74, 6) is 5.85. The molecule has 0 aromatic carbocycles. The summed E-state index contributed by atoms with van der Waals surface area (Å²) in [6, 6.07) is 4.70. The summed E-state index contributed by atoms with van der Waals surface area (Å²) in [6.07, 6.45) is 13.8. The normalized spacial score (nSPS) is 39.3. The zero-order valence-corrected chi connectivity index (χ0v) is 20.2. The molecule has 2 aromatic heterocycles. The van der Waals surface area contributed by atoms with Crippen molar-refractivity contribution in [1.29, 1.82) is 0 Å². The molecule has 6 aliphatic rings. The van der Waals surface area contributed by atoms with Gasteiger partial charge in [-0.1, -0.05) is 0 Å². The lowest BCUT2D eigenvalue weighted by Crippen LogP contribution is -2.51. The molecule has 33 heavy (non-hydrogen) atoms. The molecule has 6 fully saturated rings. The van der Waals surface area contributed by atoms with E-state index in [0.717, 1.165) is 52.4 Å². The van der Waals surface area contributed by atoms with E-state index in [1.54, 1.807) is 38.5 Å². The first-order chi connectivity index (χ1) is 16.0. The molecule has 3 heterocycles. The van der Waals surface area contributed by atoms with Gasteiger partial charge in [0.25, 0.3) is 0 Å². The van der Waals surface area contributed by atoms with Crippen molar-refractivity contribution in [1.82, 2.24) is 24.9 Å². The van der Waals surface area contributed by atoms with Crippen LogP contribution in [0.25, 0.3) is 11.4 Å². The van der Waals surface area contributed by atoms with Crippen molar-refractivity contribution in [2.45, 2.75) is 64.3 Å². The lowest BCUT2D eigenvalue weighted by Gasteiger charge is -2.57. The number of nitrogens with zero attached hydrogens (tertiary/aromatic N) is 5. The Morgan fingerprint density at radius 2 is 1.61 bits per heavy atom. The monoisotopic (exact) mass is 446 g/mol. The van der Waals surface area contributed by atoms with Gasteiger partial charge in [0.05, 0.1) is 11.9 Å². The summed E-state index contributed by atoms with van der Waals surface area (Å²) >= 11 is 0. The van der Waals surface area contributed by atoms with Crippen LogP contribution in [0.4, 0.5) is 5.82 Å². The Morgan fingerprint density at radius 1 is 0.939 bits per heavy atom. The largest absolute Gasteiger partial charge is 0.366 e. The fraction of sp³-hybridized carbons (Fsp3) is 0.741. The summed E-state index contributed by atoms with van der Waals surface area (Å²) in [5.41, 5.74) is 3.76. The van der Waals surface area contributed by atoms with Crippen LogP contribution >= 0.6 is 0 Å². The molecule has 0 amide bonds. The Balaban J connectivity index is 0.951. The van der Waals surface area contributed by atoms with E-state index in [9.17, 15) is 0 Å². The number of likely N-dealkylation sites (tertiary alicyclic amines) is 1. The second kappa shape index (κ2) is 7.53. The van der Waals surface area contributed by atoms with Crippen LogP contribution in [0.15, 0.2) is 18.3 Å². The highest BCUT2D eigenvalue weighted by atomic mass is 15.3. The van der Waals surface area contributed by atoms with Gasteiger partial charge in [-0.15, -0.1) is 10.2 Å². The maximum absolute atomic E-state index is 4.50. The van der Waals surface area contributed by atoms with Crippen molar-refractivity contribution < 1.29 is 0 Å². The summed E-state index contributed by atoms with van der Waals surface area (Å²) in [7, 11) is 1.96. The zero-order chi connectivity index (χ0) is 22.2. The van der Waals surface area contributed by atoms with E-state index in [2.05, 4.69) is 44.6 Å². The van der Waals surface area contributed by atoms with Gasteiger partial charge < -0.3 is 10.2 Å². The van der Waals surface area contributed by atoms with Gasteiger partial charge in [0.1, 0.15) is 11.5 Å². The van der Waals surface area contributed by atoms with Crippen molar-refractivity contribution in [2.75, 3.05) is 25.0 Å². The number of fused-ring (bicyclic) bond motifs is 1. The molecule has 8 rings (SSSR count). The standard InChI is InChI=1S/C27H38N6/c1-17-13-28-32(2)26(17)24-3-4-25(31-30-24)29-23-8-21-14-33(15-22(21)9-23)16-27-10-18-5-19(11-27)7-20(6-18)12-27/h3-4,13,18-23H,5-12,14-16H2,1-2H3,(H,29,31)/t18?,19?,20?,21-,22+,23?,27?. The maximum atomic E-state index is 4.50. The van der Waals surface area contributed by atoms with Gasteiger partial charge >= 0.3 is 0 Å². The molecule has 5 saturated carbocycles. The topological polar surface area (TPSA) is 58.9 Å². The van der Waals surface area contributed by atoms with Gasteiger partial charge in [-0.3, -0.25) is 4.68 Å². The Bertz CT molecular complexity index is 957. The fourth-order valence-electron chi connectivity index (χ4n) is 9.26. The predicted octanol–water partition coefficient (Wildman–Crippen LogP) is 4.52. The molecule has 0 spiro atoms. The van der Waals surface area contributed by atoms with Gasteiger partial charge in [0.15, 0.2) is 0 Å². The molecule has 4 bridgehead atoms. The number of anilines is 1. The van der Waals surface area contributed by atoms with E-state index in [1.165, 1.54) is 32.5 Å². The number of aromatic nitrogens is 4. The minimum atomic E-state index is 0.542. The summed E-state index contributed by atoms with van der Waals surface area (Å²) in [6.45, 7) is 6.13. The fourth-order valence-corrected chi connectivity index (χ4v) is 9.26. The number of rotatable bonds is 5. The third kappa shape index (κ3) is 3.60. The van der Waals surface area contributed by atoms with E-state index in [0.29, 0.717) is 11.5 Å². The highest BCUT2D eigenvalue weighted by molar-refractivity contribution is 5.59. The molecule has 1 N–H and O–H groups in total. The van der Waals surface area contributed by atoms with Crippen LogP contribution in [0.1, 0.15) is 56.9 Å². The highest BCUT2D eigenvalue weighted by Gasteiger charge is 2.52. The lowest BCUT2D eigenvalue weighted by atomic mass is 9.49. The van der Waals surface area contributed by atoms with Crippen LogP contribution in [0, 0.1) is 41.9 Å². The second-order valence-corrected chi connectivity index (χ2v) is 12.5. The summed E-state index contributed by atoms with van der Waals surface area (Å²) in [5, 5.41) is 17.0. The number of nitrogens with one attached hydrogen (secondary N) is 1. The quantitative estimate of drug-likeness (QED) is 0.732.